The highest BCUT2D eigenvalue weighted by atomic mass is 35.5. The summed E-state index contributed by atoms with van der Waals surface area (Å²) in [5, 5.41) is 11.8. The Hall–Kier alpha value is -3.00. The Balaban J connectivity index is 1.55. The van der Waals surface area contributed by atoms with Crippen LogP contribution in [0.4, 0.5) is 5.82 Å². The van der Waals surface area contributed by atoms with Gasteiger partial charge < -0.3 is 14.2 Å². The molecule has 2 heterocycles. The van der Waals surface area contributed by atoms with Gasteiger partial charge in [-0.2, -0.15) is 4.98 Å². The van der Waals surface area contributed by atoms with Crippen molar-refractivity contribution < 1.29 is 14.1 Å². The molecule has 0 bridgehead atoms. The lowest BCUT2D eigenvalue weighted by Gasteiger charge is -2.15. The summed E-state index contributed by atoms with van der Waals surface area (Å²) in [5.41, 5.74) is 1.90. The molecule has 2 aromatic heterocycles. The predicted octanol–water partition coefficient (Wildman–Crippen LogP) is 2.67. The lowest BCUT2D eigenvalue weighted by Crippen LogP contribution is -2.27. The van der Waals surface area contributed by atoms with Crippen molar-refractivity contribution in [3.05, 3.63) is 53.0 Å². The van der Waals surface area contributed by atoms with E-state index in [4.69, 9.17) is 20.9 Å². The van der Waals surface area contributed by atoms with Gasteiger partial charge in [0.25, 0.3) is 5.89 Å². The number of hydrogen-bond acceptors (Lipinski definition) is 8. The van der Waals surface area contributed by atoms with Gasteiger partial charge in [-0.25, -0.2) is 0 Å². The molecule has 0 spiro atoms. The van der Waals surface area contributed by atoms with Gasteiger partial charge in [-0.05, 0) is 24.6 Å². The molecule has 1 aromatic carbocycles. The predicted molar refractivity (Wildman–Crippen MR) is 94.6 cm³/mol. The van der Waals surface area contributed by atoms with Crippen LogP contribution in [-0.4, -0.2) is 39.9 Å². The Morgan fingerprint density at radius 3 is 2.77 bits per heavy atom. The van der Waals surface area contributed by atoms with Crippen LogP contribution in [0.15, 0.2) is 40.9 Å². The van der Waals surface area contributed by atoms with Crippen molar-refractivity contribution in [2.75, 3.05) is 18.5 Å². The summed E-state index contributed by atoms with van der Waals surface area (Å²) in [6.07, 6.45) is 0. The quantitative estimate of drug-likeness (QED) is 0.608. The molecule has 3 aromatic rings. The molecule has 0 N–H and O–H groups in total. The fourth-order valence-corrected chi connectivity index (χ4v) is 2.32. The zero-order valence-corrected chi connectivity index (χ0v) is 15.0. The first-order valence-electron chi connectivity index (χ1n) is 7.77. The number of aromatic nitrogens is 4. The van der Waals surface area contributed by atoms with E-state index >= 15 is 0 Å². The maximum atomic E-state index is 12.0. The van der Waals surface area contributed by atoms with Crippen molar-refractivity contribution in [3.8, 4) is 11.4 Å². The first-order valence-corrected chi connectivity index (χ1v) is 8.15. The van der Waals surface area contributed by atoms with E-state index < -0.39 is 5.97 Å². The summed E-state index contributed by atoms with van der Waals surface area (Å²) in [5.74, 6) is 0.735. The normalized spacial score (nSPS) is 10.6. The summed E-state index contributed by atoms with van der Waals surface area (Å²) in [7, 11) is 1.70. The molecule has 0 saturated heterocycles. The molecular weight excluding hydrogens is 358 g/mol. The third kappa shape index (κ3) is 4.34. The summed E-state index contributed by atoms with van der Waals surface area (Å²) >= 11 is 5.69. The largest absolute Gasteiger partial charge is 0.454 e. The highest BCUT2D eigenvalue weighted by Gasteiger charge is 2.14. The van der Waals surface area contributed by atoms with Crippen molar-refractivity contribution in [1.82, 2.24) is 20.3 Å². The Kier molecular flexibility index (Phi) is 5.43. The molecule has 8 nitrogen and oxygen atoms in total. The Bertz CT molecular complexity index is 897. The topological polar surface area (TPSA) is 94.2 Å². The molecule has 0 fully saturated rings. The van der Waals surface area contributed by atoms with Gasteiger partial charge in [0.2, 0.25) is 5.82 Å². The monoisotopic (exact) mass is 373 g/mol. The number of benzene rings is 1. The number of carbonyl (C=O) groups is 1. The number of rotatable bonds is 6. The molecule has 0 amide bonds. The van der Waals surface area contributed by atoms with Gasteiger partial charge in [-0.3, -0.25) is 4.79 Å². The van der Waals surface area contributed by atoms with E-state index in [0.29, 0.717) is 11.6 Å². The third-order valence-electron chi connectivity index (χ3n) is 3.59. The lowest BCUT2D eigenvalue weighted by atomic mass is 10.1. The Morgan fingerprint density at radius 1 is 1.23 bits per heavy atom. The molecule has 0 atom stereocenters. The van der Waals surface area contributed by atoms with Crippen LogP contribution in [0.3, 0.4) is 0 Å². The molecule has 0 radical (unpaired) electrons. The first-order chi connectivity index (χ1) is 12.5. The standard InChI is InChI=1S/C17H16ClN5O3/c1-11-5-3-4-6-12(11)17-19-15(26-22-17)10-25-16(24)9-23(2)14-8-7-13(18)20-21-14/h3-8H,9-10H2,1-2H3. The zero-order chi connectivity index (χ0) is 18.5. The van der Waals surface area contributed by atoms with Crippen LogP contribution in [0.5, 0.6) is 0 Å². The number of esters is 1. The van der Waals surface area contributed by atoms with Gasteiger partial charge in [-0.15, -0.1) is 10.2 Å². The average Bonchev–Trinajstić information content (AvgIpc) is 3.09. The second kappa shape index (κ2) is 7.92. The summed E-state index contributed by atoms with van der Waals surface area (Å²) in [4.78, 5) is 17.8. The van der Waals surface area contributed by atoms with E-state index in [9.17, 15) is 4.79 Å². The number of likely N-dealkylation sites (N-methyl/N-ethyl adjacent to an activating group) is 1. The molecule has 0 unspecified atom stereocenters. The van der Waals surface area contributed by atoms with Gasteiger partial charge in [0, 0.05) is 12.6 Å². The van der Waals surface area contributed by atoms with Gasteiger partial charge >= 0.3 is 5.97 Å². The molecular formula is C17H16ClN5O3. The number of halogens is 1. The Morgan fingerprint density at radius 2 is 2.04 bits per heavy atom. The van der Waals surface area contributed by atoms with E-state index in [1.165, 1.54) is 0 Å². The minimum absolute atomic E-state index is 0.00486. The van der Waals surface area contributed by atoms with Crippen LogP contribution in [0.25, 0.3) is 11.4 Å². The highest BCUT2D eigenvalue weighted by molar-refractivity contribution is 6.29. The number of anilines is 1. The van der Waals surface area contributed by atoms with E-state index in [0.717, 1.165) is 11.1 Å². The van der Waals surface area contributed by atoms with Crippen LogP contribution in [0.1, 0.15) is 11.5 Å². The molecule has 26 heavy (non-hydrogen) atoms. The van der Waals surface area contributed by atoms with E-state index in [2.05, 4.69) is 20.3 Å². The molecule has 3 rings (SSSR count). The van der Waals surface area contributed by atoms with E-state index in [1.807, 2.05) is 31.2 Å². The van der Waals surface area contributed by atoms with Gasteiger partial charge in [-0.1, -0.05) is 41.0 Å². The van der Waals surface area contributed by atoms with Crippen LogP contribution >= 0.6 is 11.6 Å². The van der Waals surface area contributed by atoms with E-state index in [-0.39, 0.29) is 24.2 Å². The smallest absolute Gasteiger partial charge is 0.326 e. The van der Waals surface area contributed by atoms with Crippen LogP contribution < -0.4 is 4.90 Å². The number of nitrogens with zero attached hydrogens (tertiary/aromatic N) is 5. The molecule has 0 aliphatic carbocycles. The van der Waals surface area contributed by atoms with Crippen molar-refractivity contribution in [1.29, 1.82) is 0 Å². The maximum absolute atomic E-state index is 12.0. The Labute approximate surface area is 154 Å². The van der Waals surface area contributed by atoms with Gasteiger partial charge in [0.15, 0.2) is 17.6 Å². The summed E-state index contributed by atoms with van der Waals surface area (Å²) < 4.78 is 10.3. The SMILES string of the molecule is Cc1ccccc1-c1noc(COC(=O)CN(C)c2ccc(Cl)nn2)n1. The van der Waals surface area contributed by atoms with Crippen molar-refractivity contribution in [3.63, 3.8) is 0 Å². The van der Waals surface area contributed by atoms with Crippen LogP contribution in [0, 0.1) is 6.92 Å². The van der Waals surface area contributed by atoms with Gasteiger partial charge in [0.1, 0.15) is 6.54 Å². The molecule has 0 saturated carbocycles. The fourth-order valence-electron chi connectivity index (χ4n) is 2.22. The second-order valence-corrected chi connectivity index (χ2v) is 5.94. The molecule has 0 aliphatic rings. The summed E-state index contributed by atoms with van der Waals surface area (Å²) in [6.45, 7) is 1.85. The van der Waals surface area contributed by atoms with E-state index in [1.54, 1.807) is 24.1 Å². The molecule has 9 heteroatoms. The van der Waals surface area contributed by atoms with Gasteiger partial charge in [0.05, 0.1) is 0 Å². The maximum Gasteiger partial charge on any atom is 0.326 e. The minimum Gasteiger partial charge on any atom is -0.454 e. The number of aryl methyl sites for hydroxylation is 1. The fraction of sp³-hybridized carbons (Fsp3) is 0.235. The average molecular weight is 374 g/mol. The first kappa shape index (κ1) is 17.8. The zero-order valence-electron chi connectivity index (χ0n) is 14.2. The number of hydrogen-bond donors (Lipinski definition) is 0. The lowest BCUT2D eigenvalue weighted by molar-refractivity contribution is -0.144. The van der Waals surface area contributed by atoms with Crippen molar-refractivity contribution in [2.24, 2.45) is 0 Å². The molecule has 134 valence electrons. The molecule has 0 aliphatic heterocycles. The number of carbonyl (C=O) groups excluding carboxylic acids is 1. The van der Waals surface area contributed by atoms with Crippen molar-refractivity contribution in [2.45, 2.75) is 13.5 Å². The number of ether oxygens (including phenoxy) is 1. The highest BCUT2D eigenvalue weighted by Crippen LogP contribution is 2.20. The minimum atomic E-state index is -0.458. The van der Waals surface area contributed by atoms with Crippen LogP contribution in [0.2, 0.25) is 5.15 Å². The third-order valence-corrected chi connectivity index (χ3v) is 3.79. The van der Waals surface area contributed by atoms with Crippen LogP contribution in [-0.2, 0) is 16.1 Å². The summed E-state index contributed by atoms with van der Waals surface area (Å²) in [6, 6.07) is 10.9. The second-order valence-electron chi connectivity index (χ2n) is 5.56. The van der Waals surface area contributed by atoms with Crippen molar-refractivity contribution >= 4 is 23.4 Å².